The first kappa shape index (κ1) is 14.5. The number of hydrogen-bond donors (Lipinski definition) is 1. The van der Waals surface area contributed by atoms with Crippen molar-refractivity contribution in [2.75, 3.05) is 0 Å². The lowest BCUT2D eigenvalue weighted by Crippen LogP contribution is -1.84. The number of rotatable bonds is 3. The van der Waals surface area contributed by atoms with E-state index in [4.69, 9.17) is 4.98 Å². The van der Waals surface area contributed by atoms with Gasteiger partial charge in [0.15, 0.2) is 0 Å². The summed E-state index contributed by atoms with van der Waals surface area (Å²) in [5.41, 5.74) is 6.64. The van der Waals surface area contributed by atoms with Crippen LogP contribution in [0.15, 0.2) is 84.9 Å². The van der Waals surface area contributed by atoms with E-state index in [2.05, 4.69) is 72.6 Å². The Hall–Kier alpha value is -3.13. The molecule has 0 atom stereocenters. The van der Waals surface area contributed by atoms with Gasteiger partial charge < -0.3 is 4.98 Å². The van der Waals surface area contributed by atoms with E-state index in [1.54, 1.807) is 0 Å². The lowest BCUT2D eigenvalue weighted by molar-refractivity contribution is 1.31. The normalized spacial score (nSPS) is 10.7. The van der Waals surface area contributed by atoms with Crippen molar-refractivity contribution in [3.8, 4) is 33.9 Å². The number of aromatic nitrogens is 2. The van der Waals surface area contributed by atoms with Gasteiger partial charge in [-0.2, -0.15) is 0 Å². The molecule has 0 saturated heterocycles. The molecule has 0 unspecified atom stereocenters. The van der Waals surface area contributed by atoms with E-state index in [0.29, 0.717) is 0 Å². The van der Waals surface area contributed by atoms with Crippen molar-refractivity contribution in [3.05, 3.63) is 90.5 Å². The maximum Gasteiger partial charge on any atom is 0.138 e. The van der Waals surface area contributed by atoms with E-state index in [-0.39, 0.29) is 0 Å². The minimum atomic E-state index is 0.894. The third-order valence-electron chi connectivity index (χ3n) is 4.11. The van der Waals surface area contributed by atoms with Crippen LogP contribution in [0, 0.1) is 6.92 Å². The van der Waals surface area contributed by atoms with Crippen LogP contribution in [0.2, 0.25) is 0 Å². The van der Waals surface area contributed by atoms with Gasteiger partial charge in [0.2, 0.25) is 0 Å². The molecule has 2 heteroatoms. The summed E-state index contributed by atoms with van der Waals surface area (Å²) in [6.07, 6.45) is 0. The maximum absolute atomic E-state index is 4.91. The highest BCUT2D eigenvalue weighted by atomic mass is 14.9. The van der Waals surface area contributed by atoms with Crippen molar-refractivity contribution >= 4 is 0 Å². The van der Waals surface area contributed by atoms with Crippen molar-refractivity contribution in [1.82, 2.24) is 9.97 Å². The molecule has 116 valence electrons. The second-order valence-corrected chi connectivity index (χ2v) is 5.91. The number of hydrogen-bond acceptors (Lipinski definition) is 1. The molecular weight excluding hydrogens is 292 g/mol. The molecule has 24 heavy (non-hydrogen) atoms. The summed E-state index contributed by atoms with van der Waals surface area (Å²) in [6.45, 7) is 2.11. The van der Waals surface area contributed by atoms with Crippen LogP contribution in [0.5, 0.6) is 0 Å². The number of aromatic amines is 1. The minimum Gasteiger partial charge on any atom is -0.337 e. The molecular formula is C22H18N2. The van der Waals surface area contributed by atoms with Crippen LogP contribution in [-0.2, 0) is 0 Å². The Balaban J connectivity index is 1.92. The van der Waals surface area contributed by atoms with Crippen LogP contribution in [-0.4, -0.2) is 9.97 Å². The van der Waals surface area contributed by atoms with E-state index >= 15 is 0 Å². The van der Waals surface area contributed by atoms with Gasteiger partial charge in [0.1, 0.15) is 5.82 Å². The fraction of sp³-hybridized carbons (Fsp3) is 0.0455. The molecule has 1 N–H and O–H groups in total. The van der Waals surface area contributed by atoms with Crippen molar-refractivity contribution in [1.29, 1.82) is 0 Å². The average molecular weight is 310 g/mol. The Morgan fingerprint density at radius 2 is 1.29 bits per heavy atom. The van der Waals surface area contributed by atoms with E-state index < -0.39 is 0 Å². The molecule has 0 bridgehead atoms. The number of nitrogens with zero attached hydrogens (tertiary/aromatic N) is 1. The lowest BCUT2D eigenvalue weighted by atomic mass is 10.0. The molecule has 0 spiro atoms. The third kappa shape index (κ3) is 2.74. The Morgan fingerprint density at radius 1 is 0.667 bits per heavy atom. The highest BCUT2D eigenvalue weighted by Gasteiger charge is 2.15. The SMILES string of the molecule is Cc1cccc(-c2nc(-c3ccccc3)[nH]c2-c2ccccc2)c1. The monoisotopic (exact) mass is 310 g/mol. The second kappa shape index (κ2) is 6.17. The van der Waals surface area contributed by atoms with Crippen molar-refractivity contribution in [2.24, 2.45) is 0 Å². The molecule has 0 aliphatic rings. The molecule has 1 heterocycles. The first-order chi connectivity index (χ1) is 11.8. The standard InChI is InChI=1S/C22H18N2/c1-16-9-8-14-19(15-16)21-20(17-10-4-2-5-11-17)23-22(24-21)18-12-6-3-7-13-18/h2-15H,1H3,(H,23,24). The van der Waals surface area contributed by atoms with Crippen LogP contribution in [0.1, 0.15) is 5.56 Å². The zero-order valence-electron chi connectivity index (χ0n) is 13.5. The number of H-pyrrole nitrogens is 1. The van der Waals surface area contributed by atoms with Crippen molar-refractivity contribution in [2.45, 2.75) is 6.92 Å². The summed E-state index contributed by atoms with van der Waals surface area (Å²) in [4.78, 5) is 8.43. The van der Waals surface area contributed by atoms with Crippen LogP contribution in [0.25, 0.3) is 33.9 Å². The molecule has 0 saturated carbocycles. The van der Waals surface area contributed by atoms with Crippen LogP contribution in [0.3, 0.4) is 0 Å². The lowest BCUT2D eigenvalue weighted by Gasteiger charge is -2.04. The van der Waals surface area contributed by atoms with E-state index in [1.807, 2.05) is 24.3 Å². The van der Waals surface area contributed by atoms with Gasteiger partial charge in [0, 0.05) is 16.7 Å². The van der Waals surface area contributed by atoms with Gasteiger partial charge in [-0.05, 0) is 13.0 Å². The van der Waals surface area contributed by atoms with Gasteiger partial charge >= 0.3 is 0 Å². The molecule has 0 aliphatic carbocycles. The van der Waals surface area contributed by atoms with Gasteiger partial charge in [-0.25, -0.2) is 4.98 Å². The number of imidazole rings is 1. The maximum atomic E-state index is 4.91. The van der Waals surface area contributed by atoms with Gasteiger partial charge in [0.25, 0.3) is 0 Å². The Bertz CT molecular complexity index is 954. The molecule has 4 rings (SSSR count). The molecule has 0 radical (unpaired) electrons. The third-order valence-corrected chi connectivity index (χ3v) is 4.11. The average Bonchev–Trinajstić information content (AvgIpc) is 3.09. The highest BCUT2D eigenvalue weighted by Crippen LogP contribution is 2.33. The zero-order valence-corrected chi connectivity index (χ0v) is 13.5. The largest absolute Gasteiger partial charge is 0.337 e. The first-order valence-corrected chi connectivity index (χ1v) is 8.09. The molecule has 0 amide bonds. The quantitative estimate of drug-likeness (QED) is 0.515. The second-order valence-electron chi connectivity index (χ2n) is 5.91. The summed E-state index contributed by atoms with van der Waals surface area (Å²) in [6, 6.07) is 29.1. The predicted molar refractivity (Wildman–Crippen MR) is 99.6 cm³/mol. The molecule has 1 aromatic heterocycles. The van der Waals surface area contributed by atoms with E-state index in [0.717, 1.165) is 33.9 Å². The van der Waals surface area contributed by atoms with Crippen LogP contribution < -0.4 is 0 Å². The number of benzene rings is 3. The highest BCUT2D eigenvalue weighted by molar-refractivity contribution is 5.81. The van der Waals surface area contributed by atoms with Gasteiger partial charge in [0.05, 0.1) is 11.4 Å². The summed E-state index contributed by atoms with van der Waals surface area (Å²) >= 11 is 0. The molecule has 2 nitrogen and oxygen atoms in total. The first-order valence-electron chi connectivity index (χ1n) is 8.09. The summed E-state index contributed by atoms with van der Waals surface area (Å²) in [7, 11) is 0. The Labute approximate surface area is 141 Å². The molecule has 3 aromatic carbocycles. The summed E-state index contributed by atoms with van der Waals surface area (Å²) in [5, 5.41) is 0. The Morgan fingerprint density at radius 3 is 1.96 bits per heavy atom. The van der Waals surface area contributed by atoms with Gasteiger partial charge in [-0.15, -0.1) is 0 Å². The molecule has 0 fully saturated rings. The number of aryl methyl sites for hydroxylation is 1. The zero-order chi connectivity index (χ0) is 16.4. The minimum absolute atomic E-state index is 0.894. The van der Waals surface area contributed by atoms with E-state index in [9.17, 15) is 0 Å². The van der Waals surface area contributed by atoms with Gasteiger partial charge in [-0.1, -0.05) is 84.4 Å². The fourth-order valence-corrected chi connectivity index (χ4v) is 2.92. The molecule has 4 aromatic rings. The predicted octanol–water partition coefficient (Wildman–Crippen LogP) is 5.72. The summed E-state index contributed by atoms with van der Waals surface area (Å²) < 4.78 is 0. The smallest absolute Gasteiger partial charge is 0.138 e. The van der Waals surface area contributed by atoms with E-state index in [1.165, 1.54) is 5.56 Å². The van der Waals surface area contributed by atoms with Gasteiger partial charge in [-0.3, -0.25) is 0 Å². The summed E-state index contributed by atoms with van der Waals surface area (Å²) in [5.74, 6) is 0.894. The topological polar surface area (TPSA) is 28.7 Å². The van der Waals surface area contributed by atoms with Crippen molar-refractivity contribution in [3.63, 3.8) is 0 Å². The van der Waals surface area contributed by atoms with Crippen LogP contribution in [0.4, 0.5) is 0 Å². The fourth-order valence-electron chi connectivity index (χ4n) is 2.92. The Kier molecular flexibility index (Phi) is 3.72. The van der Waals surface area contributed by atoms with Crippen molar-refractivity contribution < 1.29 is 0 Å². The number of nitrogens with one attached hydrogen (secondary N) is 1. The van der Waals surface area contributed by atoms with Crippen LogP contribution >= 0.6 is 0 Å². The molecule has 0 aliphatic heterocycles.